The van der Waals surface area contributed by atoms with Gasteiger partial charge >= 0.3 is 0 Å². The number of nitrogens with one attached hydrogen (secondary N) is 2. The summed E-state index contributed by atoms with van der Waals surface area (Å²) in [7, 11) is -0.0406. The maximum Gasteiger partial charge on any atom is 0.241 e. The third kappa shape index (κ3) is 2.45. The van der Waals surface area contributed by atoms with E-state index in [1.807, 2.05) is 11.6 Å². The van der Waals surface area contributed by atoms with Gasteiger partial charge in [-0.1, -0.05) is 0 Å². The van der Waals surface area contributed by atoms with Crippen LogP contribution in [0.4, 0.5) is 0 Å². The first-order valence-corrected chi connectivity index (χ1v) is 6.83. The van der Waals surface area contributed by atoms with Crippen molar-refractivity contribution in [2.24, 2.45) is 7.05 Å². The molecule has 0 bridgehead atoms. The maximum absolute atomic E-state index is 11.6. The molecule has 0 unspecified atom stereocenters. The molecule has 1 aromatic heterocycles. The minimum atomic E-state index is -3.32. The molecule has 5 nitrogen and oxygen atoms in total. The predicted molar refractivity (Wildman–Crippen MR) is 61.5 cm³/mol. The fourth-order valence-electron chi connectivity index (χ4n) is 1.55. The highest BCUT2D eigenvalue weighted by atomic mass is 32.2. The number of sulfonamides is 1. The van der Waals surface area contributed by atoms with E-state index in [-0.39, 0.29) is 0 Å². The normalized spacial score (nSPS) is 16.6. The van der Waals surface area contributed by atoms with Crippen molar-refractivity contribution in [2.75, 3.05) is 7.05 Å². The van der Waals surface area contributed by atoms with Crippen LogP contribution in [0.1, 0.15) is 18.5 Å². The predicted octanol–water partition coefficient (Wildman–Crippen LogP) is 0.185. The second kappa shape index (κ2) is 4.20. The fourth-order valence-corrected chi connectivity index (χ4v) is 2.38. The summed E-state index contributed by atoms with van der Waals surface area (Å²) in [6.45, 7) is 0.723. The highest BCUT2D eigenvalue weighted by Crippen LogP contribution is 2.20. The molecule has 90 valence electrons. The van der Waals surface area contributed by atoms with E-state index in [4.69, 9.17) is 0 Å². The van der Waals surface area contributed by atoms with Gasteiger partial charge in [0.15, 0.2) is 0 Å². The molecule has 1 saturated carbocycles. The largest absolute Gasteiger partial charge is 0.352 e. The highest BCUT2D eigenvalue weighted by Gasteiger charge is 2.21. The molecular formula is C10H17N3O2S. The molecule has 1 fully saturated rings. The minimum absolute atomic E-state index is 0.324. The summed E-state index contributed by atoms with van der Waals surface area (Å²) < 4.78 is 27.3. The van der Waals surface area contributed by atoms with Crippen molar-refractivity contribution in [3.63, 3.8) is 0 Å². The molecule has 2 N–H and O–H groups in total. The van der Waals surface area contributed by atoms with Crippen LogP contribution in [0.15, 0.2) is 17.2 Å². The Balaban J connectivity index is 2.14. The molecule has 0 atom stereocenters. The summed E-state index contributed by atoms with van der Waals surface area (Å²) in [6.07, 6.45) is 4.09. The van der Waals surface area contributed by atoms with Crippen LogP contribution < -0.4 is 10.0 Å². The Labute approximate surface area is 95.9 Å². The van der Waals surface area contributed by atoms with Crippen molar-refractivity contribution < 1.29 is 8.42 Å². The molecule has 1 aliphatic rings. The van der Waals surface area contributed by atoms with E-state index in [0.29, 0.717) is 10.9 Å². The fraction of sp³-hybridized carbons (Fsp3) is 0.600. The SMILES string of the molecule is CNS(=O)(=O)c1cc(CNC2CC2)n(C)c1. The van der Waals surface area contributed by atoms with Gasteiger partial charge < -0.3 is 9.88 Å². The lowest BCUT2D eigenvalue weighted by atomic mass is 10.4. The maximum atomic E-state index is 11.6. The number of rotatable bonds is 5. The van der Waals surface area contributed by atoms with Crippen LogP contribution in [0.3, 0.4) is 0 Å². The van der Waals surface area contributed by atoms with Gasteiger partial charge in [0.2, 0.25) is 10.0 Å². The molecule has 0 amide bonds. The van der Waals surface area contributed by atoms with E-state index in [1.54, 1.807) is 12.3 Å². The van der Waals surface area contributed by atoms with E-state index in [2.05, 4.69) is 10.0 Å². The van der Waals surface area contributed by atoms with Crippen LogP contribution in [-0.2, 0) is 23.6 Å². The molecule has 1 aromatic rings. The van der Waals surface area contributed by atoms with Crippen molar-refractivity contribution in [3.05, 3.63) is 18.0 Å². The standard InChI is InChI=1S/C10H17N3O2S/c1-11-16(14,15)10-5-9(13(2)7-10)6-12-8-3-4-8/h5,7-8,11-12H,3-4,6H2,1-2H3. The second-order valence-corrected chi connectivity index (χ2v) is 6.03. The van der Waals surface area contributed by atoms with Crippen LogP contribution in [0, 0.1) is 0 Å². The van der Waals surface area contributed by atoms with Crippen LogP contribution in [0.5, 0.6) is 0 Å². The van der Waals surface area contributed by atoms with Gasteiger partial charge in [0.05, 0.1) is 4.90 Å². The van der Waals surface area contributed by atoms with E-state index in [9.17, 15) is 8.42 Å². The molecule has 0 aromatic carbocycles. The van der Waals surface area contributed by atoms with Crippen LogP contribution in [0.2, 0.25) is 0 Å². The molecule has 6 heteroatoms. The van der Waals surface area contributed by atoms with Gasteiger partial charge in [-0.25, -0.2) is 13.1 Å². The van der Waals surface area contributed by atoms with Gasteiger partial charge in [-0.05, 0) is 26.0 Å². The Hall–Kier alpha value is -0.850. The Morgan fingerprint density at radius 2 is 2.19 bits per heavy atom. The van der Waals surface area contributed by atoms with Crippen molar-refractivity contribution in [1.29, 1.82) is 0 Å². The Morgan fingerprint density at radius 3 is 2.75 bits per heavy atom. The highest BCUT2D eigenvalue weighted by molar-refractivity contribution is 7.89. The van der Waals surface area contributed by atoms with Crippen LogP contribution in [-0.4, -0.2) is 26.1 Å². The molecule has 16 heavy (non-hydrogen) atoms. The topological polar surface area (TPSA) is 63.1 Å². The van der Waals surface area contributed by atoms with Gasteiger partial charge in [0, 0.05) is 31.5 Å². The molecule has 1 aliphatic carbocycles. The van der Waals surface area contributed by atoms with Gasteiger partial charge in [-0.15, -0.1) is 0 Å². The second-order valence-electron chi connectivity index (χ2n) is 4.14. The molecule has 0 spiro atoms. The third-order valence-electron chi connectivity index (χ3n) is 2.81. The van der Waals surface area contributed by atoms with Gasteiger partial charge in [0.1, 0.15) is 0 Å². The summed E-state index contributed by atoms with van der Waals surface area (Å²) in [5.74, 6) is 0. The van der Waals surface area contributed by atoms with E-state index >= 15 is 0 Å². The number of aromatic nitrogens is 1. The Bertz CT molecular complexity index is 474. The molecule has 2 rings (SSSR count). The molecule has 0 saturated heterocycles. The summed E-state index contributed by atoms with van der Waals surface area (Å²) in [5, 5.41) is 3.36. The zero-order chi connectivity index (χ0) is 11.8. The quantitative estimate of drug-likeness (QED) is 0.776. The van der Waals surface area contributed by atoms with Gasteiger partial charge in [0.25, 0.3) is 0 Å². The molecule has 0 radical (unpaired) electrons. The molecular weight excluding hydrogens is 226 g/mol. The van der Waals surface area contributed by atoms with Crippen molar-refractivity contribution in [1.82, 2.24) is 14.6 Å². The number of nitrogens with zero attached hydrogens (tertiary/aromatic N) is 1. The first-order valence-electron chi connectivity index (χ1n) is 5.35. The van der Waals surface area contributed by atoms with Gasteiger partial charge in [-0.3, -0.25) is 0 Å². The first kappa shape index (κ1) is 11.6. The van der Waals surface area contributed by atoms with E-state index in [0.717, 1.165) is 12.2 Å². The average Bonchev–Trinajstić information content (AvgIpc) is 2.99. The Kier molecular flexibility index (Phi) is 3.05. The molecule has 0 aliphatic heterocycles. The summed E-state index contributed by atoms with van der Waals surface area (Å²) >= 11 is 0. The molecule has 1 heterocycles. The first-order chi connectivity index (χ1) is 7.53. The van der Waals surface area contributed by atoms with Gasteiger partial charge in [-0.2, -0.15) is 0 Å². The summed E-state index contributed by atoms with van der Waals surface area (Å²) in [5.41, 5.74) is 0.987. The van der Waals surface area contributed by atoms with E-state index < -0.39 is 10.0 Å². The zero-order valence-electron chi connectivity index (χ0n) is 9.53. The van der Waals surface area contributed by atoms with Crippen molar-refractivity contribution >= 4 is 10.0 Å². The Morgan fingerprint density at radius 1 is 1.50 bits per heavy atom. The number of aryl methyl sites for hydroxylation is 1. The monoisotopic (exact) mass is 243 g/mol. The van der Waals surface area contributed by atoms with E-state index in [1.165, 1.54) is 19.9 Å². The lowest BCUT2D eigenvalue weighted by Crippen LogP contribution is -2.18. The summed E-state index contributed by atoms with van der Waals surface area (Å²) in [4.78, 5) is 0.324. The average molecular weight is 243 g/mol. The lowest BCUT2D eigenvalue weighted by molar-refractivity contribution is 0.588. The summed E-state index contributed by atoms with van der Waals surface area (Å²) in [6, 6.07) is 2.33. The smallest absolute Gasteiger partial charge is 0.241 e. The van der Waals surface area contributed by atoms with Crippen molar-refractivity contribution in [3.8, 4) is 0 Å². The third-order valence-corrected chi connectivity index (χ3v) is 4.19. The number of hydrogen-bond donors (Lipinski definition) is 2. The van der Waals surface area contributed by atoms with Crippen LogP contribution >= 0.6 is 0 Å². The van der Waals surface area contributed by atoms with Crippen molar-refractivity contribution in [2.45, 2.75) is 30.3 Å². The minimum Gasteiger partial charge on any atom is -0.352 e. The zero-order valence-corrected chi connectivity index (χ0v) is 10.3. The lowest BCUT2D eigenvalue weighted by Gasteiger charge is -2.03. The van der Waals surface area contributed by atoms with Crippen LogP contribution in [0.25, 0.3) is 0 Å². The number of hydrogen-bond acceptors (Lipinski definition) is 3.